The average molecular weight is 250 g/mol. The quantitative estimate of drug-likeness (QED) is 0.730. The fourth-order valence-electron chi connectivity index (χ4n) is 2.26. The summed E-state index contributed by atoms with van der Waals surface area (Å²) in [7, 11) is 0. The van der Waals surface area contributed by atoms with Crippen LogP contribution in [0.1, 0.15) is 50.9 Å². The Labute approximate surface area is 111 Å². The van der Waals surface area contributed by atoms with Crippen molar-refractivity contribution in [2.24, 2.45) is 0 Å². The average Bonchev–Trinajstić information content (AvgIpc) is 3.13. The summed E-state index contributed by atoms with van der Waals surface area (Å²) >= 11 is 0. The molecule has 1 fully saturated rings. The number of nitrogens with one attached hydrogen (secondary N) is 1. The van der Waals surface area contributed by atoms with E-state index in [-0.39, 0.29) is 0 Å². The zero-order valence-electron chi connectivity index (χ0n) is 11.7. The molecule has 1 saturated carbocycles. The normalized spacial score (nSPS) is 15.5. The molecule has 18 heavy (non-hydrogen) atoms. The first-order chi connectivity index (χ1) is 8.83. The standard InChI is InChI=1S/C15H26N2O/c1-3-5-8-17(14-6-7-14)11-15-9-13(12-18-15)10-16-4-2/h9,12,14,16H,3-8,10-11H2,1-2H3. The Bertz CT molecular complexity index is 344. The summed E-state index contributed by atoms with van der Waals surface area (Å²) in [6, 6.07) is 3.02. The molecule has 1 aromatic heterocycles. The van der Waals surface area contributed by atoms with Gasteiger partial charge in [-0.1, -0.05) is 20.3 Å². The lowest BCUT2D eigenvalue weighted by molar-refractivity contribution is 0.230. The predicted molar refractivity (Wildman–Crippen MR) is 74.4 cm³/mol. The Morgan fingerprint density at radius 3 is 2.89 bits per heavy atom. The third kappa shape index (κ3) is 4.14. The van der Waals surface area contributed by atoms with E-state index in [4.69, 9.17) is 4.42 Å². The van der Waals surface area contributed by atoms with Gasteiger partial charge in [-0.3, -0.25) is 4.90 Å². The summed E-state index contributed by atoms with van der Waals surface area (Å²) in [5.41, 5.74) is 1.26. The maximum atomic E-state index is 5.67. The van der Waals surface area contributed by atoms with E-state index in [1.54, 1.807) is 0 Å². The summed E-state index contributed by atoms with van der Waals surface area (Å²) in [5, 5.41) is 3.33. The molecule has 0 bridgehead atoms. The largest absolute Gasteiger partial charge is 0.468 e. The lowest BCUT2D eigenvalue weighted by Crippen LogP contribution is -2.26. The van der Waals surface area contributed by atoms with Gasteiger partial charge in [0.1, 0.15) is 5.76 Å². The van der Waals surface area contributed by atoms with Crippen molar-refractivity contribution in [2.45, 2.75) is 58.7 Å². The first-order valence-corrected chi connectivity index (χ1v) is 7.34. The van der Waals surface area contributed by atoms with Gasteiger partial charge in [-0.15, -0.1) is 0 Å². The molecule has 1 aromatic rings. The number of unbranched alkanes of at least 4 members (excludes halogenated alkanes) is 1. The summed E-state index contributed by atoms with van der Waals surface area (Å²) in [6.45, 7) is 8.50. The fourth-order valence-corrected chi connectivity index (χ4v) is 2.26. The lowest BCUT2D eigenvalue weighted by atomic mass is 10.2. The minimum absolute atomic E-state index is 0.818. The number of furan rings is 1. The van der Waals surface area contributed by atoms with E-state index in [9.17, 15) is 0 Å². The van der Waals surface area contributed by atoms with E-state index in [0.29, 0.717) is 0 Å². The Morgan fingerprint density at radius 1 is 1.39 bits per heavy atom. The summed E-state index contributed by atoms with van der Waals surface area (Å²) in [5.74, 6) is 1.12. The second-order valence-corrected chi connectivity index (χ2v) is 5.26. The second kappa shape index (κ2) is 6.95. The van der Waals surface area contributed by atoms with E-state index in [2.05, 4.69) is 30.1 Å². The van der Waals surface area contributed by atoms with E-state index in [1.165, 1.54) is 37.8 Å². The number of hydrogen-bond acceptors (Lipinski definition) is 3. The Balaban J connectivity index is 1.83. The van der Waals surface area contributed by atoms with Crippen LogP contribution >= 0.6 is 0 Å². The van der Waals surface area contributed by atoms with Crippen LogP contribution in [0.4, 0.5) is 0 Å². The van der Waals surface area contributed by atoms with Crippen molar-refractivity contribution in [1.82, 2.24) is 10.2 Å². The van der Waals surface area contributed by atoms with Crippen LogP contribution in [0.15, 0.2) is 16.7 Å². The molecule has 0 aliphatic heterocycles. The van der Waals surface area contributed by atoms with Gasteiger partial charge in [0.05, 0.1) is 12.8 Å². The van der Waals surface area contributed by atoms with Gasteiger partial charge in [-0.05, 0) is 38.4 Å². The molecule has 1 N–H and O–H groups in total. The molecular weight excluding hydrogens is 224 g/mol. The molecule has 0 radical (unpaired) electrons. The zero-order valence-corrected chi connectivity index (χ0v) is 11.7. The number of nitrogens with zero attached hydrogens (tertiary/aromatic N) is 1. The van der Waals surface area contributed by atoms with Gasteiger partial charge in [0.2, 0.25) is 0 Å². The molecule has 0 unspecified atom stereocenters. The van der Waals surface area contributed by atoms with Gasteiger partial charge in [-0.25, -0.2) is 0 Å². The van der Waals surface area contributed by atoms with E-state index in [0.717, 1.165) is 31.4 Å². The molecule has 2 rings (SSSR count). The smallest absolute Gasteiger partial charge is 0.118 e. The fraction of sp³-hybridized carbons (Fsp3) is 0.733. The highest BCUT2D eigenvalue weighted by Gasteiger charge is 2.28. The molecule has 1 aliphatic rings. The van der Waals surface area contributed by atoms with Gasteiger partial charge < -0.3 is 9.73 Å². The zero-order chi connectivity index (χ0) is 12.8. The lowest BCUT2D eigenvalue weighted by Gasteiger charge is -2.20. The van der Waals surface area contributed by atoms with Crippen molar-refractivity contribution in [3.05, 3.63) is 23.7 Å². The molecule has 102 valence electrons. The molecule has 0 saturated heterocycles. The predicted octanol–water partition coefficient (Wildman–Crippen LogP) is 3.15. The van der Waals surface area contributed by atoms with Crippen LogP contribution in [0, 0.1) is 0 Å². The third-order valence-corrected chi connectivity index (χ3v) is 3.51. The first kappa shape index (κ1) is 13.6. The van der Waals surface area contributed by atoms with Crippen LogP contribution in [0.3, 0.4) is 0 Å². The maximum absolute atomic E-state index is 5.67. The van der Waals surface area contributed by atoms with Gasteiger partial charge in [0.25, 0.3) is 0 Å². The van der Waals surface area contributed by atoms with Gasteiger partial charge >= 0.3 is 0 Å². The monoisotopic (exact) mass is 250 g/mol. The molecule has 0 aromatic carbocycles. The Kier molecular flexibility index (Phi) is 5.26. The van der Waals surface area contributed by atoms with Gasteiger partial charge in [0, 0.05) is 18.2 Å². The first-order valence-electron chi connectivity index (χ1n) is 7.34. The molecule has 0 amide bonds. The topological polar surface area (TPSA) is 28.4 Å². The van der Waals surface area contributed by atoms with Crippen molar-refractivity contribution < 1.29 is 4.42 Å². The minimum Gasteiger partial charge on any atom is -0.468 e. The van der Waals surface area contributed by atoms with Crippen LogP contribution in [-0.4, -0.2) is 24.0 Å². The Hall–Kier alpha value is -0.800. The van der Waals surface area contributed by atoms with Crippen molar-refractivity contribution >= 4 is 0 Å². The van der Waals surface area contributed by atoms with Crippen LogP contribution in [-0.2, 0) is 13.1 Å². The minimum atomic E-state index is 0.818. The van der Waals surface area contributed by atoms with Gasteiger partial charge in [0.15, 0.2) is 0 Å². The van der Waals surface area contributed by atoms with E-state index in [1.807, 2.05) is 6.26 Å². The van der Waals surface area contributed by atoms with Gasteiger partial charge in [-0.2, -0.15) is 0 Å². The number of hydrogen-bond donors (Lipinski definition) is 1. The molecule has 1 aliphatic carbocycles. The van der Waals surface area contributed by atoms with E-state index >= 15 is 0 Å². The van der Waals surface area contributed by atoms with Crippen molar-refractivity contribution in [3.63, 3.8) is 0 Å². The molecule has 3 nitrogen and oxygen atoms in total. The molecule has 1 heterocycles. The summed E-state index contributed by atoms with van der Waals surface area (Å²) < 4.78 is 5.67. The van der Waals surface area contributed by atoms with Crippen molar-refractivity contribution in [3.8, 4) is 0 Å². The molecular formula is C15H26N2O. The van der Waals surface area contributed by atoms with Crippen LogP contribution in [0.5, 0.6) is 0 Å². The molecule has 0 atom stereocenters. The number of rotatable bonds is 9. The van der Waals surface area contributed by atoms with Crippen molar-refractivity contribution in [2.75, 3.05) is 13.1 Å². The SMILES string of the molecule is CCCCN(Cc1cc(CNCC)co1)C1CC1. The summed E-state index contributed by atoms with van der Waals surface area (Å²) in [6.07, 6.45) is 7.20. The Morgan fingerprint density at radius 2 is 2.22 bits per heavy atom. The van der Waals surface area contributed by atoms with Crippen LogP contribution in [0.2, 0.25) is 0 Å². The second-order valence-electron chi connectivity index (χ2n) is 5.26. The highest BCUT2D eigenvalue weighted by Crippen LogP contribution is 2.28. The molecule has 3 heteroatoms. The summed E-state index contributed by atoms with van der Waals surface area (Å²) in [4.78, 5) is 2.58. The highest BCUT2D eigenvalue weighted by molar-refractivity contribution is 5.13. The van der Waals surface area contributed by atoms with Crippen LogP contribution in [0.25, 0.3) is 0 Å². The van der Waals surface area contributed by atoms with E-state index < -0.39 is 0 Å². The highest BCUT2D eigenvalue weighted by atomic mass is 16.3. The maximum Gasteiger partial charge on any atom is 0.118 e. The molecule has 0 spiro atoms. The van der Waals surface area contributed by atoms with Crippen molar-refractivity contribution in [1.29, 1.82) is 0 Å². The third-order valence-electron chi connectivity index (χ3n) is 3.51. The van der Waals surface area contributed by atoms with Crippen LogP contribution < -0.4 is 5.32 Å².